The number of nitrogens with zero attached hydrogens (tertiary/aromatic N) is 1. The molecule has 152 valence electrons. The second-order valence-electron chi connectivity index (χ2n) is 6.76. The predicted molar refractivity (Wildman–Crippen MR) is 119 cm³/mol. The third-order valence-corrected chi connectivity index (χ3v) is 5.82. The first-order valence-electron chi connectivity index (χ1n) is 9.41. The van der Waals surface area contributed by atoms with Crippen LogP contribution >= 0.6 is 11.3 Å². The lowest BCUT2D eigenvalue weighted by atomic mass is 10.2. The number of hydrogen-bond acceptors (Lipinski definition) is 7. The van der Waals surface area contributed by atoms with E-state index in [-0.39, 0.29) is 5.75 Å². The van der Waals surface area contributed by atoms with Gasteiger partial charge >= 0.3 is 11.6 Å². The lowest BCUT2D eigenvalue weighted by molar-refractivity contribution is 0.0734. The van der Waals surface area contributed by atoms with E-state index in [1.807, 2.05) is 24.3 Å². The van der Waals surface area contributed by atoms with Crippen molar-refractivity contribution >= 4 is 38.5 Å². The van der Waals surface area contributed by atoms with Crippen molar-refractivity contribution in [2.24, 2.45) is 0 Å². The zero-order valence-electron chi connectivity index (χ0n) is 16.3. The first kappa shape index (κ1) is 19.0. The summed E-state index contributed by atoms with van der Waals surface area (Å²) in [4.78, 5) is 29.6. The number of hydrogen-bond donors (Lipinski definition) is 0. The average Bonchev–Trinajstić information content (AvgIpc) is 3.22. The topological polar surface area (TPSA) is 78.6 Å². The third-order valence-electron chi connectivity index (χ3n) is 4.75. The number of thiazole rings is 1. The van der Waals surface area contributed by atoms with E-state index in [1.165, 1.54) is 24.5 Å². The molecule has 0 saturated carbocycles. The van der Waals surface area contributed by atoms with Gasteiger partial charge in [0.15, 0.2) is 0 Å². The molecule has 0 amide bonds. The normalized spacial score (nSPS) is 11.0. The summed E-state index contributed by atoms with van der Waals surface area (Å²) in [5.41, 5.74) is 1.41. The highest BCUT2D eigenvalue weighted by Crippen LogP contribution is 2.30. The van der Waals surface area contributed by atoms with E-state index < -0.39 is 11.6 Å². The van der Waals surface area contributed by atoms with Crippen molar-refractivity contribution < 1.29 is 18.7 Å². The molecule has 2 heterocycles. The molecule has 0 aliphatic rings. The summed E-state index contributed by atoms with van der Waals surface area (Å²) in [7, 11) is 1.53. The van der Waals surface area contributed by atoms with Crippen LogP contribution in [0, 0.1) is 0 Å². The number of rotatable bonds is 4. The second kappa shape index (κ2) is 7.70. The Morgan fingerprint density at radius 2 is 1.84 bits per heavy atom. The predicted octanol–water partition coefficient (Wildman–Crippen LogP) is 5.30. The van der Waals surface area contributed by atoms with Gasteiger partial charge in [-0.15, -0.1) is 11.3 Å². The zero-order valence-corrected chi connectivity index (χ0v) is 17.1. The molecule has 0 radical (unpaired) electrons. The molecule has 0 aliphatic carbocycles. The molecular formula is C24H15NO5S. The summed E-state index contributed by atoms with van der Waals surface area (Å²) >= 11 is 1.43. The summed E-state index contributed by atoms with van der Waals surface area (Å²) in [6, 6.07) is 21.0. The lowest BCUT2D eigenvalue weighted by Gasteiger charge is -2.07. The quantitative estimate of drug-likeness (QED) is 0.219. The van der Waals surface area contributed by atoms with Gasteiger partial charge in [0.05, 0.1) is 28.5 Å². The van der Waals surface area contributed by atoms with E-state index in [1.54, 1.807) is 42.5 Å². The molecule has 6 nitrogen and oxygen atoms in total. The van der Waals surface area contributed by atoms with Gasteiger partial charge in [-0.25, -0.2) is 14.6 Å². The maximum Gasteiger partial charge on any atom is 0.346 e. The minimum Gasteiger partial charge on any atom is -0.497 e. The number of esters is 1. The average molecular weight is 429 g/mol. The molecule has 0 atom stereocenters. The lowest BCUT2D eigenvalue weighted by Crippen LogP contribution is -2.08. The Hall–Kier alpha value is -3.97. The van der Waals surface area contributed by atoms with Crippen molar-refractivity contribution in [1.29, 1.82) is 0 Å². The first-order valence-corrected chi connectivity index (χ1v) is 10.2. The summed E-state index contributed by atoms with van der Waals surface area (Å²) in [5, 5.41) is 1.31. The Labute approximate surface area is 180 Å². The fourth-order valence-electron chi connectivity index (χ4n) is 3.21. The zero-order chi connectivity index (χ0) is 21.4. The van der Waals surface area contributed by atoms with Crippen LogP contribution in [0.25, 0.3) is 31.8 Å². The highest BCUT2D eigenvalue weighted by molar-refractivity contribution is 7.21. The fraction of sp³-hybridized carbons (Fsp3) is 0.0417. The van der Waals surface area contributed by atoms with Crippen molar-refractivity contribution in [2.45, 2.75) is 0 Å². The fourth-order valence-corrected chi connectivity index (χ4v) is 4.18. The number of benzene rings is 3. The highest BCUT2D eigenvalue weighted by Gasteiger charge is 2.15. The molecule has 0 bridgehead atoms. The third kappa shape index (κ3) is 3.67. The molecule has 0 saturated heterocycles. The molecule has 0 N–H and O–H groups in total. The van der Waals surface area contributed by atoms with Crippen LogP contribution < -0.4 is 15.1 Å². The van der Waals surface area contributed by atoms with Gasteiger partial charge in [0, 0.05) is 11.5 Å². The first-order chi connectivity index (χ1) is 15.1. The molecule has 0 aliphatic heterocycles. The van der Waals surface area contributed by atoms with Gasteiger partial charge in [-0.1, -0.05) is 18.2 Å². The van der Waals surface area contributed by atoms with Crippen LogP contribution in [-0.2, 0) is 0 Å². The van der Waals surface area contributed by atoms with Gasteiger partial charge in [-0.2, -0.15) is 0 Å². The number of aromatic nitrogens is 1. The maximum absolute atomic E-state index is 12.6. The molecule has 0 fully saturated rings. The summed E-state index contributed by atoms with van der Waals surface area (Å²) in [6.07, 6.45) is 0. The van der Waals surface area contributed by atoms with Crippen LogP contribution in [0.4, 0.5) is 0 Å². The standard InChI is InChI=1S/C24H15NO5S/c1-28-16-6-4-5-15(11-16)23(26)29-17-10-9-14-12-18(24(27)30-20(14)13-17)22-25-19-7-2-3-8-21(19)31-22/h2-13H,1H3. The van der Waals surface area contributed by atoms with E-state index in [4.69, 9.17) is 13.9 Å². The molecule has 3 aromatic carbocycles. The monoisotopic (exact) mass is 429 g/mol. The smallest absolute Gasteiger partial charge is 0.346 e. The van der Waals surface area contributed by atoms with Gasteiger partial charge in [0.2, 0.25) is 0 Å². The molecule has 5 rings (SSSR count). The molecular weight excluding hydrogens is 414 g/mol. The van der Waals surface area contributed by atoms with Crippen molar-refractivity contribution in [3.8, 4) is 22.1 Å². The van der Waals surface area contributed by atoms with Crippen molar-refractivity contribution in [3.63, 3.8) is 0 Å². The van der Waals surface area contributed by atoms with Crippen LogP contribution in [0.1, 0.15) is 10.4 Å². The molecule has 7 heteroatoms. The Balaban J connectivity index is 1.47. The van der Waals surface area contributed by atoms with Crippen LogP contribution in [0.15, 0.2) is 82.0 Å². The van der Waals surface area contributed by atoms with Gasteiger partial charge in [-0.05, 0) is 48.5 Å². The Morgan fingerprint density at radius 1 is 0.968 bits per heavy atom. The van der Waals surface area contributed by atoms with Crippen molar-refractivity contribution in [1.82, 2.24) is 4.98 Å². The SMILES string of the molecule is COc1cccc(C(=O)Oc2ccc3cc(-c4nc5ccccc5s4)c(=O)oc3c2)c1. The number of methoxy groups -OCH3 is 1. The van der Waals surface area contributed by atoms with E-state index >= 15 is 0 Å². The summed E-state index contributed by atoms with van der Waals surface area (Å²) < 4.78 is 17.1. The number of fused-ring (bicyclic) bond motifs is 2. The Bertz CT molecular complexity index is 1470. The summed E-state index contributed by atoms with van der Waals surface area (Å²) in [5.74, 6) is 0.296. The molecule has 0 unspecified atom stereocenters. The van der Waals surface area contributed by atoms with Crippen LogP contribution in [0.3, 0.4) is 0 Å². The molecule has 2 aromatic heterocycles. The number of ether oxygens (including phenoxy) is 2. The van der Waals surface area contributed by atoms with Gasteiger partial charge < -0.3 is 13.9 Å². The van der Waals surface area contributed by atoms with Crippen LogP contribution in [0.2, 0.25) is 0 Å². The minimum atomic E-state index is -0.535. The van der Waals surface area contributed by atoms with Crippen LogP contribution in [-0.4, -0.2) is 18.1 Å². The maximum atomic E-state index is 12.6. The van der Waals surface area contributed by atoms with Gasteiger partial charge in [0.25, 0.3) is 0 Å². The van der Waals surface area contributed by atoms with Gasteiger partial charge in [-0.3, -0.25) is 0 Å². The number of para-hydroxylation sites is 1. The molecule has 0 spiro atoms. The largest absolute Gasteiger partial charge is 0.497 e. The minimum absolute atomic E-state index is 0.274. The van der Waals surface area contributed by atoms with E-state index in [0.29, 0.717) is 32.9 Å². The van der Waals surface area contributed by atoms with Crippen LogP contribution in [0.5, 0.6) is 11.5 Å². The molecule has 31 heavy (non-hydrogen) atoms. The Morgan fingerprint density at radius 3 is 2.68 bits per heavy atom. The summed E-state index contributed by atoms with van der Waals surface area (Å²) in [6.45, 7) is 0. The van der Waals surface area contributed by atoms with E-state index in [0.717, 1.165) is 10.2 Å². The van der Waals surface area contributed by atoms with Crippen molar-refractivity contribution in [2.75, 3.05) is 7.11 Å². The number of carbonyl (C=O) groups excluding carboxylic acids is 1. The van der Waals surface area contributed by atoms with E-state index in [9.17, 15) is 9.59 Å². The van der Waals surface area contributed by atoms with Crippen molar-refractivity contribution in [3.05, 3.63) is 88.8 Å². The highest BCUT2D eigenvalue weighted by atomic mass is 32.1. The van der Waals surface area contributed by atoms with E-state index in [2.05, 4.69) is 4.98 Å². The Kier molecular flexibility index (Phi) is 4.72. The molecule has 5 aromatic rings. The van der Waals surface area contributed by atoms with Gasteiger partial charge in [0.1, 0.15) is 22.1 Å². The second-order valence-corrected chi connectivity index (χ2v) is 7.79. The number of carbonyl (C=O) groups is 1.